The van der Waals surface area contributed by atoms with Gasteiger partial charge in [-0.2, -0.15) is 0 Å². The van der Waals surface area contributed by atoms with Crippen LogP contribution in [-0.2, 0) is 14.4 Å². The van der Waals surface area contributed by atoms with Crippen molar-refractivity contribution in [3.05, 3.63) is 194 Å². The third kappa shape index (κ3) is 11.3. The Morgan fingerprint density at radius 2 is 0.859 bits per heavy atom. The molecule has 9 heteroatoms. The van der Waals surface area contributed by atoms with Gasteiger partial charge in [-0.3, -0.25) is 43.5 Å². The van der Waals surface area contributed by atoms with Crippen molar-refractivity contribution in [2.75, 3.05) is 19.6 Å². The first-order valence-corrected chi connectivity index (χ1v) is 24.7. The van der Waals surface area contributed by atoms with Crippen molar-refractivity contribution >= 4 is 57.0 Å². The SMILES string of the molecule is C=CC[C@]1(C)CCCN(C(=O)c2ccc(-c3ccccc3)cc2)C1=O.C=CC[C@]1(C)CCCN(C(=O)c2ccc3ccccc3c2)C1=O.C=CC[C@]1(C)CCCN(C(=O)c2cccc3ccccc23)C1=O. The summed E-state index contributed by atoms with van der Waals surface area (Å²) in [6, 6.07) is 44.4. The number of carbonyl (C=O) groups excluding carboxylic acids is 6. The Hall–Kier alpha value is -7.52. The molecule has 3 fully saturated rings. The molecule has 6 aromatic rings. The van der Waals surface area contributed by atoms with Crippen LogP contribution in [0.5, 0.6) is 0 Å². The molecule has 364 valence electrons. The number of allylic oxidation sites excluding steroid dienone is 3. The lowest BCUT2D eigenvalue weighted by Gasteiger charge is -2.38. The van der Waals surface area contributed by atoms with E-state index < -0.39 is 16.2 Å². The lowest BCUT2D eigenvalue weighted by atomic mass is 9.78. The molecule has 3 aliphatic rings. The average Bonchev–Trinajstić information content (AvgIpc) is 3.39. The monoisotopic (exact) mass is 947 g/mol. The highest BCUT2D eigenvalue weighted by atomic mass is 16.2. The number of hydrogen-bond donors (Lipinski definition) is 0. The Kier molecular flexibility index (Phi) is 16.3. The summed E-state index contributed by atoms with van der Waals surface area (Å²) in [7, 11) is 0. The molecule has 0 spiro atoms. The van der Waals surface area contributed by atoms with Gasteiger partial charge in [-0.25, -0.2) is 0 Å². The van der Waals surface area contributed by atoms with Crippen LogP contribution in [0, 0.1) is 16.2 Å². The molecule has 0 unspecified atom stereocenters. The third-order valence-corrected chi connectivity index (χ3v) is 14.4. The minimum atomic E-state index is -0.514. The summed E-state index contributed by atoms with van der Waals surface area (Å²) in [5.41, 5.74) is 2.34. The second kappa shape index (κ2) is 22.5. The minimum absolute atomic E-state index is 0.0817. The summed E-state index contributed by atoms with van der Waals surface area (Å²) in [5.74, 6) is -0.851. The quantitative estimate of drug-likeness (QED) is 0.0998. The van der Waals surface area contributed by atoms with Gasteiger partial charge in [0.1, 0.15) is 0 Å². The first-order chi connectivity index (χ1) is 34.2. The van der Waals surface area contributed by atoms with Crippen molar-refractivity contribution in [1.29, 1.82) is 0 Å². The van der Waals surface area contributed by atoms with Gasteiger partial charge in [0.2, 0.25) is 17.7 Å². The standard InChI is InChI=1S/C22H23NO2.2C20H21NO2/c1-3-14-22(2)15-7-16-23(21(22)25)20(24)19-12-10-18(11-13-19)17-8-5-4-6-9-17;1-3-12-20(2)13-7-14-21(19(20)23)18(22)17-11-6-9-15-8-4-5-10-16(15)17;1-3-11-20(2)12-6-13-21(19(20)23)18(22)17-10-9-15-7-4-5-8-16(15)14-17/h3-6,8-13H,1,7,14-16H2,2H3;3-6,8-11H,1,7,12-14H2,2H3;3-5,7-10,14H,1,6,11-13H2,2H3/t22-;2*20-/m111/s1. The number of fused-ring (bicyclic) bond motifs is 2. The number of carbonyl (C=O) groups is 6. The smallest absolute Gasteiger partial charge is 0.261 e. The van der Waals surface area contributed by atoms with E-state index >= 15 is 0 Å². The van der Waals surface area contributed by atoms with Crippen LogP contribution in [0.25, 0.3) is 32.7 Å². The highest BCUT2D eigenvalue weighted by Crippen LogP contribution is 2.38. The zero-order chi connectivity index (χ0) is 50.8. The molecule has 9 rings (SSSR count). The van der Waals surface area contributed by atoms with Crippen LogP contribution in [-0.4, -0.2) is 69.8 Å². The Labute approximate surface area is 418 Å². The summed E-state index contributed by atoms with van der Waals surface area (Å²) < 4.78 is 0. The number of likely N-dealkylation sites (tertiary alicyclic amines) is 3. The van der Waals surface area contributed by atoms with Gasteiger partial charge in [0.05, 0.1) is 16.2 Å². The van der Waals surface area contributed by atoms with Gasteiger partial charge in [-0.1, -0.05) is 148 Å². The van der Waals surface area contributed by atoms with E-state index in [9.17, 15) is 28.8 Å². The van der Waals surface area contributed by atoms with E-state index in [0.717, 1.165) is 71.2 Å². The van der Waals surface area contributed by atoms with E-state index in [4.69, 9.17) is 0 Å². The summed E-state index contributed by atoms with van der Waals surface area (Å²) in [6.07, 6.45) is 12.0. The Balaban J connectivity index is 0.000000157. The molecule has 0 radical (unpaired) electrons. The zero-order valence-electron chi connectivity index (χ0n) is 41.4. The van der Waals surface area contributed by atoms with Crippen LogP contribution < -0.4 is 0 Å². The number of rotatable bonds is 10. The van der Waals surface area contributed by atoms with Gasteiger partial charge in [-0.15, -0.1) is 19.7 Å². The van der Waals surface area contributed by atoms with E-state index in [1.807, 2.05) is 136 Å². The maximum atomic E-state index is 13.0. The largest absolute Gasteiger partial charge is 0.278 e. The topological polar surface area (TPSA) is 112 Å². The molecule has 71 heavy (non-hydrogen) atoms. The van der Waals surface area contributed by atoms with E-state index in [1.165, 1.54) is 14.7 Å². The molecule has 3 saturated heterocycles. The normalized spacial score (nSPS) is 21.1. The molecule has 6 aromatic carbocycles. The minimum Gasteiger partial charge on any atom is -0.278 e. The molecule has 0 aliphatic carbocycles. The predicted molar refractivity (Wildman–Crippen MR) is 284 cm³/mol. The lowest BCUT2D eigenvalue weighted by Crippen LogP contribution is -2.49. The van der Waals surface area contributed by atoms with Gasteiger partial charge >= 0.3 is 0 Å². The summed E-state index contributed by atoms with van der Waals surface area (Å²) >= 11 is 0. The fraction of sp³-hybridized carbons (Fsp3) is 0.290. The van der Waals surface area contributed by atoms with Crippen LogP contribution in [0.15, 0.2) is 177 Å². The van der Waals surface area contributed by atoms with Crippen molar-refractivity contribution in [1.82, 2.24) is 14.7 Å². The Morgan fingerprint density at radius 3 is 1.38 bits per heavy atom. The Bertz CT molecular complexity index is 2970. The molecule has 9 nitrogen and oxygen atoms in total. The van der Waals surface area contributed by atoms with Crippen molar-refractivity contribution in [2.24, 2.45) is 16.2 Å². The van der Waals surface area contributed by atoms with Crippen molar-refractivity contribution in [3.8, 4) is 11.1 Å². The number of hydrogen-bond acceptors (Lipinski definition) is 6. The number of nitrogens with zero attached hydrogens (tertiary/aromatic N) is 3. The molecular formula is C62H65N3O6. The first-order valence-electron chi connectivity index (χ1n) is 24.7. The Morgan fingerprint density at radius 1 is 0.451 bits per heavy atom. The van der Waals surface area contributed by atoms with E-state index in [0.29, 0.717) is 55.6 Å². The van der Waals surface area contributed by atoms with Crippen molar-refractivity contribution < 1.29 is 28.8 Å². The molecule has 3 heterocycles. The number of benzene rings is 6. The molecule has 3 aliphatic heterocycles. The van der Waals surface area contributed by atoms with E-state index in [1.54, 1.807) is 42.5 Å². The van der Waals surface area contributed by atoms with Gasteiger partial charge in [0, 0.05) is 36.3 Å². The third-order valence-electron chi connectivity index (χ3n) is 14.4. The molecular weight excluding hydrogens is 883 g/mol. The molecule has 3 atom stereocenters. The molecule has 0 saturated carbocycles. The highest BCUT2D eigenvalue weighted by Gasteiger charge is 2.44. The van der Waals surface area contributed by atoms with E-state index in [2.05, 4.69) is 19.7 Å². The predicted octanol–water partition coefficient (Wildman–Crippen LogP) is 13.1. The van der Waals surface area contributed by atoms with Crippen LogP contribution in [0.3, 0.4) is 0 Å². The van der Waals surface area contributed by atoms with Crippen LogP contribution in [0.4, 0.5) is 0 Å². The van der Waals surface area contributed by atoms with Crippen molar-refractivity contribution in [2.45, 2.75) is 78.6 Å². The van der Waals surface area contributed by atoms with Gasteiger partial charge in [-0.05, 0) is 121 Å². The average molecular weight is 948 g/mol. The maximum Gasteiger partial charge on any atom is 0.261 e. The van der Waals surface area contributed by atoms with Crippen molar-refractivity contribution in [3.63, 3.8) is 0 Å². The second-order valence-electron chi connectivity index (χ2n) is 19.8. The van der Waals surface area contributed by atoms with Gasteiger partial charge < -0.3 is 0 Å². The summed E-state index contributed by atoms with van der Waals surface area (Å²) in [6.45, 7) is 18.5. The van der Waals surface area contributed by atoms with Gasteiger partial charge in [0.15, 0.2) is 0 Å². The van der Waals surface area contributed by atoms with Crippen LogP contribution in [0.1, 0.15) is 110 Å². The number of amides is 6. The number of imide groups is 3. The highest BCUT2D eigenvalue weighted by molar-refractivity contribution is 6.13. The van der Waals surface area contributed by atoms with Gasteiger partial charge in [0.25, 0.3) is 17.7 Å². The first kappa shape index (κ1) is 51.3. The molecule has 0 aromatic heterocycles. The number of piperidine rings is 3. The maximum absolute atomic E-state index is 13.0. The second-order valence-corrected chi connectivity index (χ2v) is 19.8. The lowest BCUT2D eigenvalue weighted by molar-refractivity contribution is -0.142. The zero-order valence-corrected chi connectivity index (χ0v) is 41.4. The fourth-order valence-corrected chi connectivity index (χ4v) is 10.2. The van der Waals surface area contributed by atoms with Crippen LogP contribution in [0.2, 0.25) is 0 Å². The summed E-state index contributed by atoms with van der Waals surface area (Å²) in [5, 5.41) is 4.00. The summed E-state index contributed by atoms with van der Waals surface area (Å²) in [4.78, 5) is 81.3. The van der Waals surface area contributed by atoms with E-state index in [-0.39, 0.29) is 35.4 Å². The fourth-order valence-electron chi connectivity index (χ4n) is 10.2. The molecule has 6 amide bonds. The molecule has 0 N–H and O–H groups in total. The molecule has 0 bridgehead atoms. The van der Waals surface area contributed by atoms with Crippen LogP contribution >= 0.6 is 0 Å².